The maximum absolute atomic E-state index is 13.7. The minimum absolute atomic E-state index is 0.0739. The van der Waals surface area contributed by atoms with Gasteiger partial charge >= 0.3 is 0 Å². The Morgan fingerprint density at radius 2 is 1.07 bits per heavy atom. The van der Waals surface area contributed by atoms with E-state index in [0.29, 0.717) is 65.5 Å². The third-order valence-electron chi connectivity index (χ3n) is 14.5. The highest BCUT2D eigenvalue weighted by atomic mass is 16.5. The number of anilines is 2. The highest BCUT2D eigenvalue weighted by Gasteiger charge is 2.76. The molecule has 0 aromatic heterocycles. The van der Waals surface area contributed by atoms with Gasteiger partial charge < -0.3 is 19.7 Å². The van der Waals surface area contributed by atoms with Gasteiger partial charge in [0, 0.05) is 43.2 Å². The molecule has 0 radical (unpaired) electrons. The van der Waals surface area contributed by atoms with E-state index in [2.05, 4.69) is 23.9 Å². The van der Waals surface area contributed by atoms with Crippen molar-refractivity contribution in [3.8, 4) is 12.1 Å². The van der Waals surface area contributed by atoms with Crippen LogP contribution in [0.1, 0.15) is 76.7 Å². The summed E-state index contributed by atoms with van der Waals surface area (Å²) in [6.07, 6.45) is 5.48. The number of nitrogens with zero attached hydrogens (tertiary/aromatic N) is 5. The fourth-order valence-corrected chi connectivity index (χ4v) is 12.2. The van der Waals surface area contributed by atoms with Crippen LogP contribution in [0, 0.1) is 52.9 Å². The summed E-state index contributed by atoms with van der Waals surface area (Å²) in [7, 11) is 0. The molecule has 6 heterocycles. The maximum atomic E-state index is 13.7. The monoisotopic (exact) mass is 819 g/mol. The molecule has 6 saturated heterocycles. The van der Waals surface area contributed by atoms with Crippen molar-refractivity contribution >= 4 is 62.2 Å². The number of imide groups is 2. The number of amides is 4. The quantitative estimate of drug-likeness (QED) is 0.128. The van der Waals surface area contributed by atoms with E-state index in [-0.39, 0.29) is 49.7 Å². The molecule has 4 bridgehead atoms. The Balaban J connectivity index is 0.000000156. The van der Waals surface area contributed by atoms with E-state index < -0.39 is 46.1 Å². The van der Waals surface area contributed by atoms with Gasteiger partial charge in [0.2, 0.25) is 23.6 Å². The van der Waals surface area contributed by atoms with Gasteiger partial charge in [-0.3, -0.25) is 19.2 Å². The van der Waals surface area contributed by atoms with Gasteiger partial charge in [-0.25, -0.2) is 14.6 Å². The Labute approximate surface area is 352 Å². The average molecular weight is 820 g/mol. The van der Waals surface area contributed by atoms with E-state index in [1.54, 1.807) is 36.4 Å². The standard InChI is InChI=1S/C24H21N3O4.C24H24N2O4/c25-12-3-8-23-9-10-24(31-23,11-13-28)20-19(23)21(29)27(22(20)30)18-7-6-15(14-26)16-4-1-2-5-17(16)18;1-3-10-23-11-12-24(30-23,13-14-27)20-19(23)21(28)26(22(20)29)18-9-8-17(25-2)15-6-4-5-7-16(15)18/h1-2,4-7,19-20,28H,3,8-11,13H2;4-9,19-20,27H,3,10-14H2,1H3/t2*19-,20+,23?,24?/m11/s1. The molecule has 0 saturated carbocycles. The van der Waals surface area contributed by atoms with Gasteiger partial charge in [-0.2, -0.15) is 10.5 Å². The zero-order chi connectivity index (χ0) is 42.9. The van der Waals surface area contributed by atoms with E-state index in [4.69, 9.17) is 21.3 Å². The highest BCUT2D eigenvalue weighted by molar-refractivity contribution is 6.27. The molecular weight excluding hydrogens is 775 g/mol. The molecule has 4 aromatic rings. The molecule has 4 aromatic carbocycles. The first kappa shape index (κ1) is 40.4. The molecule has 4 amide bonds. The minimum atomic E-state index is -0.876. The number of carbonyl (C=O) groups is 4. The summed E-state index contributed by atoms with van der Waals surface area (Å²) in [6, 6.07) is 25.6. The van der Waals surface area contributed by atoms with Gasteiger partial charge in [0.1, 0.15) is 0 Å². The fourth-order valence-electron chi connectivity index (χ4n) is 12.2. The van der Waals surface area contributed by atoms with Crippen LogP contribution in [0.3, 0.4) is 0 Å². The van der Waals surface area contributed by atoms with Crippen molar-refractivity contribution in [3.63, 3.8) is 0 Å². The first-order valence-electron chi connectivity index (χ1n) is 21.1. The zero-order valence-corrected chi connectivity index (χ0v) is 33.8. The Bertz CT molecular complexity index is 2630. The lowest BCUT2D eigenvalue weighted by Gasteiger charge is -2.31. The summed E-state index contributed by atoms with van der Waals surface area (Å²) in [5.74, 6) is -3.49. The molecule has 6 aliphatic rings. The first-order valence-corrected chi connectivity index (χ1v) is 21.1. The molecule has 0 aliphatic carbocycles. The van der Waals surface area contributed by atoms with E-state index in [0.717, 1.165) is 30.0 Å². The van der Waals surface area contributed by atoms with Crippen molar-refractivity contribution in [2.45, 2.75) is 93.5 Å². The Kier molecular flexibility index (Phi) is 9.84. The number of benzene rings is 4. The second-order valence-corrected chi connectivity index (χ2v) is 17.3. The third kappa shape index (κ3) is 5.63. The van der Waals surface area contributed by atoms with E-state index in [1.165, 1.54) is 9.80 Å². The van der Waals surface area contributed by atoms with Crippen LogP contribution in [0.15, 0.2) is 72.8 Å². The topological polar surface area (TPSA) is 186 Å². The lowest BCUT2D eigenvalue weighted by molar-refractivity contribution is -0.134. The maximum Gasteiger partial charge on any atom is 0.240 e. The van der Waals surface area contributed by atoms with E-state index >= 15 is 0 Å². The molecule has 4 unspecified atom stereocenters. The number of fused-ring (bicyclic) bond motifs is 12. The number of hydrogen-bond acceptors (Lipinski definition) is 10. The fraction of sp³-hybridized carbons (Fsp3) is 0.438. The Hall–Kier alpha value is -6.01. The number of nitriles is 2. The number of rotatable bonds is 10. The molecule has 0 spiro atoms. The van der Waals surface area contributed by atoms with Gasteiger partial charge in [0.05, 0.1) is 81.7 Å². The van der Waals surface area contributed by atoms with Crippen molar-refractivity contribution in [2.75, 3.05) is 23.0 Å². The summed E-state index contributed by atoms with van der Waals surface area (Å²) in [4.78, 5) is 61.0. The van der Waals surface area contributed by atoms with Crippen molar-refractivity contribution in [1.29, 1.82) is 10.5 Å². The van der Waals surface area contributed by atoms with Crippen LogP contribution in [0.2, 0.25) is 0 Å². The number of aliphatic hydroxyl groups is 2. The van der Waals surface area contributed by atoms with Gasteiger partial charge in [0.25, 0.3) is 0 Å². The van der Waals surface area contributed by atoms with Crippen molar-refractivity contribution in [1.82, 2.24) is 0 Å². The molecule has 13 heteroatoms. The normalized spacial score (nSPS) is 31.6. The van der Waals surface area contributed by atoms with Crippen LogP contribution in [0.5, 0.6) is 0 Å². The molecule has 6 aliphatic heterocycles. The molecule has 10 rings (SSSR count). The van der Waals surface area contributed by atoms with Gasteiger partial charge in [0.15, 0.2) is 5.69 Å². The SMILES string of the molecule is N#CCCC12CCC(CCO)(O1)[C@@H]1C(=O)N(c3ccc(C#N)c4ccccc34)C(=O)[C@@H]12.[C-]#[N+]c1ccc(N2C(=O)[C@@H]3[C@H](C2=O)C2(CCC)CCC3(CCO)O2)c2ccccc12. The average Bonchev–Trinajstić information content (AvgIpc) is 4.08. The first-order chi connectivity index (χ1) is 29.5. The molecule has 13 nitrogen and oxygen atoms in total. The van der Waals surface area contributed by atoms with Crippen LogP contribution in [-0.4, -0.2) is 69.5 Å². The largest absolute Gasteiger partial charge is 0.396 e. The second-order valence-electron chi connectivity index (χ2n) is 17.3. The number of hydrogen-bond donors (Lipinski definition) is 2. The van der Waals surface area contributed by atoms with Gasteiger partial charge in [-0.05, 0) is 67.5 Å². The van der Waals surface area contributed by atoms with E-state index in [1.807, 2.05) is 36.4 Å². The van der Waals surface area contributed by atoms with E-state index in [9.17, 15) is 34.7 Å². The number of aliphatic hydroxyl groups excluding tert-OH is 2. The summed E-state index contributed by atoms with van der Waals surface area (Å²) < 4.78 is 12.9. The minimum Gasteiger partial charge on any atom is -0.396 e. The van der Waals surface area contributed by atoms with Crippen molar-refractivity contribution in [3.05, 3.63) is 89.8 Å². The lowest BCUT2D eigenvalue weighted by Crippen LogP contribution is -2.43. The van der Waals surface area contributed by atoms with Gasteiger partial charge in [-0.1, -0.05) is 67.9 Å². The summed E-state index contributed by atoms with van der Waals surface area (Å²) in [5.41, 5.74) is -1.13. The number of carbonyl (C=O) groups excluding carboxylic acids is 4. The second kappa shape index (κ2) is 14.9. The Morgan fingerprint density at radius 3 is 1.51 bits per heavy atom. The summed E-state index contributed by atoms with van der Waals surface area (Å²) >= 11 is 0. The molecule has 310 valence electrons. The van der Waals surface area contributed by atoms with Crippen LogP contribution >= 0.6 is 0 Å². The van der Waals surface area contributed by atoms with Crippen LogP contribution in [-0.2, 0) is 28.7 Å². The molecule has 2 N–H and O–H groups in total. The lowest BCUT2D eigenvalue weighted by atomic mass is 9.65. The molecular formula is C48H45N5O8. The smallest absolute Gasteiger partial charge is 0.240 e. The van der Waals surface area contributed by atoms with Crippen molar-refractivity contribution in [2.24, 2.45) is 23.7 Å². The zero-order valence-electron chi connectivity index (χ0n) is 33.8. The van der Waals surface area contributed by atoms with Crippen molar-refractivity contribution < 1.29 is 38.9 Å². The molecule has 61 heavy (non-hydrogen) atoms. The van der Waals surface area contributed by atoms with Crippen LogP contribution < -0.4 is 9.80 Å². The molecule has 8 atom stereocenters. The number of ether oxygens (including phenoxy) is 2. The highest BCUT2D eigenvalue weighted by Crippen LogP contribution is 2.65. The van der Waals surface area contributed by atoms with Crippen LogP contribution in [0.25, 0.3) is 26.4 Å². The predicted octanol–water partition coefficient (Wildman–Crippen LogP) is 6.79. The summed E-state index contributed by atoms with van der Waals surface area (Å²) in [5, 5.41) is 40.8. The third-order valence-corrected chi connectivity index (χ3v) is 14.5. The predicted molar refractivity (Wildman–Crippen MR) is 223 cm³/mol. The Morgan fingerprint density at radius 1 is 0.639 bits per heavy atom. The molecule has 6 fully saturated rings. The van der Waals surface area contributed by atoms with Gasteiger partial charge in [-0.15, -0.1) is 0 Å². The summed E-state index contributed by atoms with van der Waals surface area (Å²) in [6.45, 7) is 9.28. The van der Waals surface area contributed by atoms with Crippen LogP contribution in [0.4, 0.5) is 17.1 Å².